The molecular formula is C32H41FN2O15. The number of alkyl halides is 1. The Balaban J connectivity index is 1.56. The Morgan fingerprint density at radius 1 is 0.940 bits per heavy atom. The zero-order chi connectivity index (χ0) is 37.1. The molecule has 17 nitrogen and oxygen atoms in total. The second-order valence-corrected chi connectivity index (χ2v) is 13.7. The summed E-state index contributed by atoms with van der Waals surface area (Å²) in [5.74, 6) is -5.64. The molecule has 276 valence electrons. The highest BCUT2D eigenvalue weighted by molar-refractivity contribution is 6.01. The molecular weight excluding hydrogens is 671 g/mol. The molecule has 0 aromatic heterocycles. The van der Waals surface area contributed by atoms with Gasteiger partial charge in [-0.3, -0.25) is 24.0 Å². The highest BCUT2D eigenvalue weighted by Crippen LogP contribution is 2.70. The van der Waals surface area contributed by atoms with Gasteiger partial charge in [0.1, 0.15) is 11.9 Å². The zero-order valence-electron chi connectivity index (χ0n) is 27.7. The first kappa shape index (κ1) is 38.5. The summed E-state index contributed by atoms with van der Waals surface area (Å²) >= 11 is 0. The van der Waals surface area contributed by atoms with Crippen molar-refractivity contribution in [1.29, 1.82) is 0 Å². The van der Waals surface area contributed by atoms with E-state index in [4.69, 9.17) is 9.47 Å². The normalized spacial score (nSPS) is 33.9. The number of allylic oxidation sites excluding steroid dienone is 4. The minimum atomic E-state index is -2.44. The van der Waals surface area contributed by atoms with E-state index in [0.717, 1.165) is 0 Å². The lowest BCUT2D eigenvalue weighted by atomic mass is 9.44. The monoisotopic (exact) mass is 712 g/mol. The number of fused-ring (bicyclic) bond motifs is 5. The summed E-state index contributed by atoms with van der Waals surface area (Å²) in [4.78, 5) is 93.2. The summed E-state index contributed by atoms with van der Waals surface area (Å²) < 4.78 is 28.5. The largest absolute Gasteiger partial charge is 0.457 e. The number of carbonyl (C=O) groups is 5. The van der Waals surface area contributed by atoms with Gasteiger partial charge in [0, 0.05) is 36.0 Å². The van der Waals surface area contributed by atoms with E-state index in [0.29, 0.717) is 5.57 Å². The van der Waals surface area contributed by atoms with Gasteiger partial charge in [-0.05, 0) is 63.5 Å². The van der Waals surface area contributed by atoms with Gasteiger partial charge in [0.05, 0.1) is 25.7 Å². The first-order valence-corrected chi connectivity index (χ1v) is 16.4. The predicted octanol–water partition coefficient (Wildman–Crippen LogP) is 2.05. The SMILES string of the molecule is C[C@]12C=CC(=O)C=C1CCC1C3C[C@@H](O)[C@](OC(=O)CCCO[N+](=O)[O-])(C(=O)COC(=O)CCC(=O)CCCO[N+](=O)[O-])[C@@]3(C)C[C@H](O)[C@@]12F. The van der Waals surface area contributed by atoms with Crippen LogP contribution in [0.25, 0.3) is 0 Å². The first-order valence-electron chi connectivity index (χ1n) is 16.4. The molecule has 0 aromatic rings. The van der Waals surface area contributed by atoms with Gasteiger partial charge in [-0.1, -0.05) is 18.6 Å². The van der Waals surface area contributed by atoms with Gasteiger partial charge in [-0.15, -0.1) is 20.2 Å². The number of carbonyl (C=O) groups excluding carboxylic acids is 5. The van der Waals surface area contributed by atoms with Crippen molar-refractivity contribution in [2.45, 2.75) is 102 Å². The van der Waals surface area contributed by atoms with Crippen LogP contribution in [0.2, 0.25) is 0 Å². The number of halogens is 1. The smallest absolute Gasteiger partial charge is 0.306 e. The van der Waals surface area contributed by atoms with E-state index in [9.17, 15) is 54.4 Å². The van der Waals surface area contributed by atoms with Gasteiger partial charge in [0.25, 0.3) is 10.2 Å². The average molecular weight is 713 g/mol. The van der Waals surface area contributed by atoms with Gasteiger partial charge >= 0.3 is 11.9 Å². The van der Waals surface area contributed by atoms with E-state index in [1.165, 1.54) is 25.2 Å². The van der Waals surface area contributed by atoms with Crippen molar-refractivity contribution in [3.63, 3.8) is 0 Å². The Hall–Kier alpha value is -4.32. The van der Waals surface area contributed by atoms with Crippen molar-refractivity contribution in [3.8, 4) is 0 Å². The number of hydrogen-bond donors (Lipinski definition) is 2. The van der Waals surface area contributed by atoms with Gasteiger partial charge in [-0.2, -0.15) is 0 Å². The third-order valence-corrected chi connectivity index (χ3v) is 11.0. The highest BCUT2D eigenvalue weighted by Gasteiger charge is 2.78. The van der Waals surface area contributed by atoms with Crippen molar-refractivity contribution < 1.29 is 67.9 Å². The van der Waals surface area contributed by atoms with Crippen LogP contribution in [-0.4, -0.2) is 93.0 Å². The van der Waals surface area contributed by atoms with Crippen molar-refractivity contribution >= 4 is 29.3 Å². The van der Waals surface area contributed by atoms with Crippen LogP contribution < -0.4 is 0 Å². The van der Waals surface area contributed by atoms with Crippen LogP contribution in [0.5, 0.6) is 0 Å². The highest BCUT2D eigenvalue weighted by atomic mass is 19.1. The number of aliphatic hydroxyl groups is 2. The predicted molar refractivity (Wildman–Crippen MR) is 163 cm³/mol. The lowest BCUT2D eigenvalue weighted by molar-refractivity contribution is -0.757. The second kappa shape index (κ2) is 14.9. The number of Topliss-reactive ketones (excluding diaryl/α,β-unsaturated/α-hetero) is 2. The van der Waals surface area contributed by atoms with E-state index in [-0.39, 0.29) is 57.3 Å². The van der Waals surface area contributed by atoms with Crippen LogP contribution in [0.15, 0.2) is 23.8 Å². The Morgan fingerprint density at radius 3 is 2.22 bits per heavy atom. The lowest BCUT2D eigenvalue weighted by Gasteiger charge is -2.62. The molecule has 50 heavy (non-hydrogen) atoms. The minimum Gasteiger partial charge on any atom is -0.457 e. The molecule has 4 aliphatic rings. The Bertz CT molecular complexity index is 1480. The van der Waals surface area contributed by atoms with Crippen LogP contribution in [0.1, 0.15) is 78.1 Å². The molecule has 0 radical (unpaired) electrons. The molecule has 0 aliphatic heterocycles. The standard InChI is InChI=1S/C32H41FN2O15/c1-29-12-11-21(37)15-19(29)7-9-22-23-16-24(38)32(30(23,2)17-25(39)31(22,29)33,50-28(42)6-4-14-49-35(45)46)26(40)18-47-27(41)10-8-20(36)5-3-13-48-34(43)44/h11-12,15,22-25,38-39H,3-10,13-14,16-18H2,1-2H3/t22?,23?,24-,25+,29+,30+,31+,32+/m1/s1. The second-order valence-electron chi connectivity index (χ2n) is 13.7. The molecule has 0 spiro atoms. The zero-order valence-corrected chi connectivity index (χ0v) is 27.7. The number of rotatable bonds is 17. The summed E-state index contributed by atoms with van der Waals surface area (Å²) in [6.45, 7) is 1.28. The van der Waals surface area contributed by atoms with E-state index in [2.05, 4.69) is 9.68 Å². The Kier molecular flexibility index (Phi) is 11.5. The quantitative estimate of drug-likeness (QED) is 0.0948. The molecule has 0 saturated heterocycles. The van der Waals surface area contributed by atoms with E-state index < -0.39 is 112 Å². The van der Waals surface area contributed by atoms with Gasteiger partial charge in [0.2, 0.25) is 11.4 Å². The van der Waals surface area contributed by atoms with Crippen LogP contribution >= 0.6 is 0 Å². The number of ketones is 3. The van der Waals surface area contributed by atoms with Crippen LogP contribution in [0.4, 0.5) is 4.39 Å². The fraction of sp³-hybridized carbons (Fsp3) is 0.719. The maximum Gasteiger partial charge on any atom is 0.306 e. The lowest BCUT2D eigenvalue weighted by Crippen LogP contribution is -2.70. The Labute approximate surface area is 285 Å². The number of nitrogens with zero attached hydrogens (tertiary/aromatic N) is 2. The fourth-order valence-electron chi connectivity index (χ4n) is 8.64. The van der Waals surface area contributed by atoms with E-state index in [1.54, 1.807) is 6.92 Å². The number of hydrogen-bond acceptors (Lipinski definition) is 15. The molecule has 2 unspecified atom stereocenters. The number of aliphatic hydroxyl groups excluding tert-OH is 2. The van der Waals surface area contributed by atoms with Crippen molar-refractivity contribution in [3.05, 3.63) is 44.0 Å². The van der Waals surface area contributed by atoms with Crippen LogP contribution in [-0.2, 0) is 43.1 Å². The Morgan fingerprint density at radius 2 is 1.58 bits per heavy atom. The van der Waals surface area contributed by atoms with Crippen LogP contribution in [0.3, 0.4) is 0 Å². The average Bonchev–Trinajstić information content (AvgIpc) is 3.26. The minimum absolute atomic E-state index is 0.0369. The molecule has 0 heterocycles. The number of esters is 2. The van der Waals surface area contributed by atoms with Crippen LogP contribution in [0, 0.1) is 42.9 Å². The third-order valence-electron chi connectivity index (χ3n) is 11.0. The number of ether oxygens (including phenoxy) is 2. The molecule has 0 bridgehead atoms. The van der Waals surface area contributed by atoms with Gasteiger partial charge in [-0.25, -0.2) is 4.39 Å². The van der Waals surface area contributed by atoms with Crippen molar-refractivity contribution in [1.82, 2.24) is 0 Å². The summed E-state index contributed by atoms with van der Waals surface area (Å²) in [5.41, 5.74) is -7.26. The molecule has 3 fully saturated rings. The summed E-state index contributed by atoms with van der Waals surface area (Å²) in [6, 6.07) is 0. The fourth-order valence-corrected chi connectivity index (χ4v) is 8.64. The van der Waals surface area contributed by atoms with Crippen molar-refractivity contribution in [2.24, 2.45) is 22.7 Å². The molecule has 2 N–H and O–H groups in total. The maximum atomic E-state index is 17.6. The summed E-state index contributed by atoms with van der Waals surface area (Å²) in [7, 11) is 0. The van der Waals surface area contributed by atoms with Gasteiger partial charge < -0.3 is 29.4 Å². The molecule has 0 amide bonds. The van der Waals surface area contributed by atoms with Crippen molar-refractivity contribution in [2.75, 3.05) is 19.8 Å². The topological polar surface area (TPSA) is 249 Å². The summed E-state index contributed by atoms with van der Waals surface area (Å²) in [5, 5.41) is 42.0. The molecule has 0 aromatic carbocycles. The molecule has 3 saturated carbocycles. The van der Waals surface area contributed by atoms with E-state index >= 15 is 4.39 Å². The van der Waals surface area contributed by atoms with Gasteiger partial charge in [0.15, 0.2) is 18.1 Å². The molecule has 4 rings (SSSR count). The molecule has 8 atom stereocenters. The molecule has 4 aliphatic carbocycles. The van der Waals surface area contributed by atoms with E-state index in [1.807, 2.05) is 0 Å². The third kappa shape index (κ3) is 6.99. The molecule has 18 heteroatoms. The maximum absolute atomic E-state index is 17.6. The first-order chi connectivity index (χ1) is 23.4. The summed E-state index contributed by atoms with van der Waals surface area (Å²) in [6.07, 6.45) is -1.27.